The van der Waals surface area contributed by atoms with Crippen molar-refractivity contribution >= 4 is 35.2 Å². The highest BCUT2D eigenvalue weighted by Gasteiger charge is 2.19. The predicted molar refractivity (Wildman–Crippen MR) is 102 cm³/mol. The summed E-state index contributed by atoms with van der Waals surface area (Å²) in [4.78, 5) is 24.1. The summed E-state index contributed by atoms with van der Waals surface area (Å²) >= 11 is 6.09. The van der Waals surface area contributed by atoms with E-state index in [9.17, 15) is 9.59 Å². The molecule has 1 aliphatic rings. The van der Waals surface area contributed by atoms with Crippen molar-refractivity contribution < 1.29 is 23.8 Å². The van der Waals surface area contributed by atoms with Gasteiger partial charge in [0.1, 0.15) is 0 Å². The van der Waals surface area contributed by atoms with Gasteiger partial charge in [-0.2, -0.15) is 5.26 Å². The average molecular weight is 399 g/mol. The fourth-order valence-corrected chi connectivity index (χ4v) is 2.70. The molecule has 0 spiro atoms. The number of anilines is 1. The molecule has 8 heteroatoms. The number of amides is 1. The van der Waals surface area contributed by atoms with Gasteiger partial charge in [-0.15, -0.1) is 0 Å². The molecule has 28 heavy (non-hydrogen) atoms. The first-order chi connectivity index (χ1) is 13.5. The highest BCUT2D eigenvalue weighted by atomic mass is 35.5. The van der Waals surface area contributed by atoms with Gasteiger partial charge in [0.25, 0.3) is 5.91 Å². The van der Waals surface area contributed by atoms with Crippen LogP contribution in [0.5, 0.6) is 11.5 Å². The Labute approximate surface area is 166 Å². The van der Waals surface area contributed by atoms with Crippen molar-refractivity contribution in [1.82, 2.24) is 0 Å². The first kappa shape index (κ1) is 19.3. The van der Waals surface area contributed by atoms with E-state index >= 15 is 0 Å². The minimum Gasteiger partial charge on any atom is -0.454 e. The number of hydrogen-bond donors (Lipinski definition) is 1. The van der Waals surface area contributed by atoms with Crippen molar-refractivity contribution in [1.29, 1.82) is 5.26 Å². The van der Waals surface area contributed by atoms with E-state index in [0.29, 0.717) is 33.3 Å². The minimum absolute atomic E-state index is 0.0914. The molecule has 0 aliphatic carbocycles. The van der Waals surface area contributed by atoms with Gasteiger partial charge >= 0.3 is 5.97 Å². The smallest absolute Gasteiger partial charge is 0.331 e. The average Bonchev–Trinajstić information content (AvgIpc) is 3.15. The third-order valence-corrected chi connectivity index (χ3v) is 4.06. The maximum absolute atomic E-state index is 12.2. The number of ether oxygens (including phenoxy) is 3. The Kier molecular flexibility index (Phi) is 5.82. The number of nitrogens with zero attached hydrogens (tertiary/aromatic N) is 1. The summed E-state index contributed by atoms with van der Waals surface area (Å²) in [5.41, 5.74) is 1.47. The monoisotopic (exact) mass is 398 g/mol. The normalized spacial score (nSPS) is 13.0. The van der Waals surface area contributed by atoms with Gasteiger partial charge in [-0.05, 0) is 48.9 Å². The van der Waals surface area contributed by atoms with Gasteiger partial charge in [-0.25, -0.2) is 4.79 Å². The second-order valence-corrected chi connectivity index (χ2v) is 6.24. The summed E-state index contributed by atoms with van der Waals surface area (Å²) < 4.78 is 15.6. The van der Waals surface area contributed by atoms with Crippen LogP contribution in [-0.4, -0.2) is 24.8 Å². The van der Waals surface area contributed by atoms with Gasteiger partial charge in [-0.1, -0.05) is 17.7 Å². The molecule has 0 bridgehead atoms. The van der Waals surface area contributed by atoms with Crippen LogP contribution in [0.25, 0.3) is 6.08 Å². The van der Waals surface area contributed by atoms with E-state index in [1.54, 1.807) is 30.3 Å². The quantitative estimate of drug-likeness (QED) is 0.611. The molecule has 1 atom stereocenters. The summed E-state index contributed by atoms with van der Waals surface area (Å²) in [6.07, 6.45) is 1.66. The maximum Gasteiger partial charge on any atom is 0.331 e. The van der Waals surface area contributed by atoms with Gasteiger partial charge in [0, 0.05) is 11.8 Å². The van der Waals surface area contributed by atoms with Crippen molar-refractivity contribution in [2.24, 2.45) is 0 Å². The molecule has 0 saturated carbocycles. The molecule has 1 N–H and O–H groups in total. The number of rotatable bonds is 5. The van der Waals surface area contributed by atoms with E-state index in [1.165, 1.54) is 25.1 Å². The minimum atomic E-state index is -1.02. The molecule has 1 amide bonds. The van der Waals surface area contributed by atoms with Crippen LogP contribution in [0.2, 0.25) is 5.02 Å². The summed E-state index contributed by atoms with van der Waals surface area (Å²) in [6, 6.07) is 11.7. The Balaban J connectivity index is 1.58. The molecule has 1 aliphatic heterocycles. The largest absolute Gasteiger partial charge is 0.454 e. The number of nitrogens with one attached hydrogen (secondary N) is 1. The molecule has 3 rings (SSSR count). The Morgan fingerprint density at radius 1 is 1.32 bits per heavy atom. The van der Waals surface area contributed by atoms with Gasteiger partial charge in [-0.3, -0.25) is 4.79 Å². The molecule has 0 aromatic heterocycles. The Morgan fingerprint density at radius 3 is 2.93 bits per heavy atom. The summed E-state index contributed by atoms with van der Waals surface area (Å²) in [6.45, 7) is 1.54. The lowest BCUT2D eigenvalue weighted by Crippen LogP contribution is -2.29. The molecule has 0 fully saturated rings. The molecule has 142 valence electrons. The fourth-order valence-electron chi connectivity index (χ4n) is 2.43. The molecule has 1 heterocycles. The van der Waals surface area contributed by atoms with E-state index in [2.05, 4.69) is 5.32 Å². The van der Waals surface area contributed by atoms with Crippen molar-refractivity contribution in [3.63, 3.8) is 0 Å². The van der Waals surface area contributed by atoms with Crippen molar-refractivity contribution in [2.45, 2.75) is 13.0 Å². The van der Waals surface area contributed by atoms with Crippen LogP contribution in [0.3, 0.4) is 0 Å². The Morgan fingerprint density at radius 2 is 2.14 bits per heavy atom. The van der Waals surface area contributed by atoms with Crippen LogP contribution in [0.15, 0.2) is 42.5 Å². The lowest BCUT2D eigenvalue weighted by Gasteiger charge is -2.12. The third kappa shape index (κ3) is 4.61. The number of halogens is 1. The first-order valence-electron chi connectivity index (χ1n) is 8.25. The SMILES string of the molecule is C[C@H](OC(=O)/C=C/c1cc(Cl)c2c(c1)OCO2)C(=O)Nc1cccc(C#N)c1. The maximum atomic E-state index is 12.2. The number of benzene rings is 2. The predicted octanol–water partition coefficient (Wildman–Crippen LogP) is 3.52. The summed E-state index contributed by atoms with van der Waals surface area (Å²) in [5.74, 6) is -0.245. The zero-order valence-corrected chi connectivity index (χ0v) is 15.5. The number of fused-ring (bicyclic) bond motifs is 1. The van der Waals surface area contributed by atoms with Gasteiger partial charge < -0.3 is 19.5 Å². The fraction of sp³-hybridized carbons (Fsp3) is 0.150. The number of esters is 1. The van der Waals surface area contributed by atoms with Crippen LogP contribution in [-0.2, 0) is 14.3 Å². The van der Waals surface area contributed by atoms with E-state index in [-0.39, 0.29) is 6.79 Å². The van der Waals surface area contributed by atoms with E-state index in [0.717, 1.165) is 0 Å². The lowest BCUT2D eigenvalue weighted by molar-refractivity contribution is -0.148. The lowest BCUT2D eigenvalue weighted by atomic mass is 10.2. The standard InChI is InChI=1S/C20H15ClN2O5/c1-12(20(25)23-15-4-2-3-14(7-15)10-22)28-18(24)6-5-13-8-16(21)19-17(9-13)26-11-27-19/h2-9,12H,11H2,1H3,(H,23,25)/b6-5+/t12-/m0/s1. The van der Waals surface area contributed by atoms with E-state index in [1.807, 2.05) is 6.07 Å². The van der Waals surface area contributed by atoms with Crippen LogP contribution >= 0.6 is 11.6 Å². The number of nitriles is 1. The molecule has 2 aromatic carbocycles. The molecular formula is C20H15ClN2O5. The third-order valence-electron chi connectivity index (χ3n) is 3.78. The number of hydrogen-bond acceptors (Lipinski definition) is 6. The molecular weight excluding hydrogens is 384 g/mol. The molecule has 0 saturated heterocycles. The summed E-state index contributed by atoms with van der Waals surface area (Å²) in [5, 5.41) is 11.8. The zero-order chi connectivity index (χ0) is 20.1. The van der Waals surface area contributed by atoms with Crippen LogP contribution in [0.1, 0.15) is 18.1 Å². The topological polar surface area (TPSA) is 97.7 Å². The number of carbonyl (C=O) groups excluding carboxylic acids is 2. The molecule has 2 aromatic rings. The van der Waals surface area contributed by atoms with Crippen LogP contribution in [0.4, 0.5) is 5.69 Å². The summed E-state index contributed by atoms with van der Waals surface area (Å²) in [7, 11) is 0. The Bertz CT molecular complexity index is 997. The molecule has 0 unspecified atom stereocenters. The highest BCUT2D eigenvalue weighted by molar-refractivity contribution is 6.32. The zero-order valence-electron chi connectivity index (χ0n) is 14.8. The first-order valence-corrected chi connectivity index (χ1v) is 8.63. The molecule has 0 radical (unpaired) electrons. The van der Waals surface area contributed by atoms with Crippen LogP contribution < -0.4 is 14.8 Å². The second kappa shape index (κ2) is 8.46. The highest BCUT2D eigenvalue weighted by Crippen LogP contribution is 2.40. The van der Waals surface area contributed by atoms with E-state index < -0.39 is 18.0 Å². The van der Waals surface area contributed by atoms with Crippen molar-refractivity contribution in [3.05, 3.63) is 58.6 Å². The van der Waals surface area contributed by atoms with Gasteiger partial charge in [0.05, 0.1) is 16.7 Å². The van der Waals surface area contributed by atoms with E-state index in [4.69, 9.17) is 31.1 Å². The van der Waals surface area contributed by atoms with Gasteiger partial charge in [0.2, 0.25) is 6.79 Å². The Hall–Kier alpha value is -3.50. The van der Waals surface area contributed by atoms with Crippen molar-refractivity contribution in [2.75, 3.05) is 12.1 Å². The van der Waals surface area contributed by atoms with Crippen LogP contribution in [0, 0.1) is 11.3 Å². The van der Waals surface area contributed by atoms with Gasteiger partial charge in [0.15, 0.2) is 17.6 Å². The van der Waals surface area contributed by atoms with Crippen molar-refractivity contribution in [3.8, 4) is 17.6 Å². The number of carbonyl (C=O) groups is 2. The molecule has 7 nitrogen and oxygen atoms in total. The second-order valence-electron chi connectivity index (χ2n) is 5.83.